The van der Waals surface area contributed by atoms with E-state index >= 15 is 0 Å². The highest BCUT2D eigenvalue weighted by atomic mass is 16.5. The molecule has 13 heavy (non-hydrogen) atoms. The molecule has 0 radical (unpaired) electrons. The molecule has 0 fully saturated rings. The smallest absolute Gasteiger partial charge is 0.283 e. The molecule has 2 heterocycles. The molecule has 8 nitrogen and oxygen atoms in total. The zero-order valence-electron chi connectivity index (χ0n) is 6.39. The van der Waals surface area contributed by atoms with E-state index in [0.29, 0.717) is 0 Å². The molecule has 0 spiro atoms. The lowest BCUT2D eigenvalue weighted by Crippen LogP contribution is -2.53. The fourth-order valence-corrected chi connectivity index (χ4v) is 0.871. The van der Waals surface area contributed by atoms with Crippen molar-refractivity contribution in [3.8, 4) is 0 Å². The normalized spacial score (nSPS) is 10.5. The summed E-state index contributed by atoms with van der Waals surface area (Å²) in [5.74, 6) is 0. The molecule has 2 aromatic heterocycles. The van der Waals surface area contributed by atoms with Crippen molar-refractivity contribution in [2.75, 3.05) is 0 Å². The van der Waals surface area contributed by atoms with E-state index < -0.39 is 11.3 Å². The van der Waals surface area contributed by atoms with Crippen LogP contribution in [0.15, 0.2) is 31.0 Å². The van der Waals surface area contributed by atoms with Gasteiger partial charge in [-0.1, -0.05) is 0 Å². The van der Waals surface area contributed by atoms with Gasteiger partial charge in [-0.15, -0.1) is 0 Å². The number of nitrogens with zero attached hydrogens (tertiary/aromatic N) is 2. The van der Waals surface area contributed by atoms with E-state index in [1.807, 2.05) is 0 Å². The van der Waals surface area contributed by atoms with Crippen LogP contribution < -0.4 is 20.6 Å². The number of hydrogen-bond donors (Lipinski definition) is 2. The van der Waals surface area contributed by atoms with Gasteiger partial charge in [-0.25, -0.2) is 9.59 Å². The quantitative estimate of drug-likeness (QED) is 0.499. The first-order chi connectivity index (χ1) is 6.24. The molecule has 2 N–H and O–H groups in total. The van der Waals surface area contributed by atoms with Gasteiger partial charge in [0, 0.05) is 0 Å². The highest BCUT2D eigenvalue weighted by Crippen LogP contribution is 1.59. The van der Waals surface area contributed by atoms with Gasteiger partial charge < -0.3 is 0 Å². The molecule has 68 valence electrons. The van der Waals surface area contributed by atoms with Crippen molar-refractivity contribution in [1.29, 1.82) is 0 Å². The van der Waals surface area contributed by atoms with Gasteiger partial charge in [0.1, 0.15) is 0 Å². The summed E-state index contributed by atoms with van der Waals surface area (Å²) < 4.78 is 11.5. The Morgan fingerprint density at radius 2 is 1.54 bits per heavy atom. The summed E-state index contributed by atoms with van der Waals surface area (Å²) >= 11 is 0. The van der Waals surface area contributed by atoms with E-state index in [1.165, 1.54) is 21.8 Å². The number of aromatic amines is 2. The van der Waals surface area contributed by atoms with Crippen molar-refractivity contribution < 1.29 is 18.4 Å². The van der Waals surface area contributed by atoms with Gasteiger partial charge in [-0.05, 0) is 19.9 Å². The molecular formula is C5H6N4O4+2. The maximum absolute atomic E-state index is 10.6. The second-order valence-corrected chi connectivity index (χ2v) is 2.36. The van der Waals surface area contributed by atoms with Gasteiger partial charge >= 0.3 is 17.9 Å². The van der Waals surface area contributed by atoms with Crippen LogP contribution in [0, 0.1) is 0 Å². The highest BCUT2D eigenvalue weighted by Gasteiger charge is 2.14. The van der Waals surface area contributed by atoms with Crippen LogP contribution in [0.5, 0.6) is 0 Å². The van der Waals surface area contributed by atoms with Crippen molar-refractivity contribution in [3.05, 3.63) is 33.2 Å². The van der Waals surface area contributed by atoms with E-state index in [-0.39, 0.29) is 6.67 Å². The van der Waals surface area contributed by atoms with Crippen LogP contribution in [0.1, 0.15) is 0 Å². The third-order valence-corrected chi connectivity index (χ3v) is 1.35. The van der Waals surface area contributed by atoms with Crippen LogP contribution >= 0.6 is 0 Å². The fourth-order valence-electron chi connectivity index (χ4n) is 0.871. The van der Waals surface area contributed by atoms with Crippen LogP contribution in [0.2, 0.25) is 0 Å². The molecular weight excluding hydrogens is 180 g/mol. The van der Waals surface area contributed by atoms with Gasteiger partial charge in [0.25, 0.3) is 12.4 Å². The van der Waals surface area contributed by atoms with E-state index in [1.54, 1.807) is 0 Å². The SMILES string of the molecule is O=c1c[n+](C[n+]2cc(=O)o[nH]2)[nH]o1. The molecule has 0 saturated carbocycles. The van der Waals surface area contributed by atoms with Gasteiger partial charge in [0.05, 0.1) is 0 Å². The number of hydrogen-bond acceptors (Lipinski definition) is 4. The topological polar surface area (TPSA) is 99.8 Å². The minimum absolute atomic E-state index is 0.206. The van der Waals surface area contributed by atoms with E-state index in [2.05, 4.69) is 19.6 Å². The van der Waals surface area contributed by atoms with E-state index in [0.717, 1.165) is 0 Å². The Morgan fingerprint density at radius 3 is 1.85 bits per heavy atom. The first-order valence-electron chi connectivity index (χ1n) is 3.40. The molecule has 0 aliphatic rings. The summed E-state index contributed by atoms with van der Waals surface area (Å²) in [6, 6.07) is 0. The van der Waals surface area contributed by atoms with Crippen molar-refractivity contribution in [2.45, 2.75) is 6.67 Å². The Labute approximate surface area is 69.9 Å². The molecule has 2 aromatic rings. The molecule has 0 bridgehead atoms. The minimum atomic E-state index is -0.494. The monoisotopic (exact) mass is 186 g/mol. The second-order valence-electron chi connectivity index (χ2n) is 2.36. The van der Waals surface area contributed by atoms with Gasteiger partial charge in [-0.2, -0.15) is 0 Å². The summed E-state index contributed by atoms with van der Waals surface area (Å²) in [6.07, 6.45) is 2.41. The fraction of sp³-hybridized carbons (Fsp3) is 0.200. The zero-order valence-corrected chi connectivity index (χ0v) is 6.39. The maximum atomic E-state index is 10.6. The van der Waals surface area contributed by atoms with Gasteiger partial charge in [-0.3, -0.25) is 9.05 Å². The average Bonchev–Trinajstić information content (AvgIpc) is 2.62. The molecule has 0 aliphatic heterocycles. The average molecular weight is 186 g/mol. The summed E-state index contributed by atoms with van der Waals surface area (Å²) in [6.45, 7) is 0.206. The highest BCUT2D eigenvalue weighted by molar-refractivity contribution is 4.49. The van der Waals surface area contributed by atoms with Crippen molar-refractivity contribution in [1.82, 2.24) is 10.5 Å². The second kappa shape index (κ2) is 2.73. The largest absolute Gasteiger partial charge is 0.427 e. The number of H-pyrrole nitrogens is 2. The molecule has 0 saturated heterocycles. The lowest BCUT2D eigenvalue weighted by Gasteiger charge is -1.77. The first kappa shape index (κ1) is 7.53. The predicted molar refractivity (Wildman–Crippen MR) is 34.4 cm³/mol. The van der Waals surface area contributed by atoms with Gasteiger partial charge in [0.15, 0.2) is 0 Å². The predicted octanol–water partition coefficient (Wildman–Crippen LogP) is -2.67. The van der Waals surface area contributed by atoms with Crippen LogP contribution in [-0.2, 0) is 6.67 Å². The Hall–Kier alpha value is -2.12. The standard InChI is InChI=1S/C5H4N4O4/c10-4-1-8(6-12-4)3-9-2-5(11)13-7-9/h1-2H,3H2/p+2. The summed E-state index contributed by atoms with van der Waals surface area (Å²) in [4.78, 5) is 21.1. The third-order valence-electron chi connectivity index (χ3n) is 1.35. The van der Waals surface area contributed by atoms with E-state index in [4.69, 9.17) is 0 Å². The molecule has 0 aromatic carbocycles. The number of nitrogens with one attached hydrogen (secondary N) is 2. The van der Waals surface area contributed by atoms with Crippen LogP contribution in [-0.4, -0.2) is 10.5 Å². The van der Waals surface area contributed by atoms with Crippen LogP contribution in [0.3, 0.4) is 0 Å². The lowest BCUT2D eigenvalue weighted by molar-refractivity contribution is -0.968. The number of aromatic nitrogens is 4. The maximum Gasteiger partial charge on any atom is 0.427 e. The van der Waals surface area contributed by atoms with Crippen molar-refractivity contribution in [2.24, 2.45) is 0 Å². The molecule has 0 amide bonds. The number of rotatable bonds is 2. The van der Waals surface area contributed by atoms with Crippen LogP contribution in [0.25, 0.3) is 0 Å². The zero-order chi connectivity index (χ0) is 9.26. The minimum Gasteiger partial charge on any atom is -0.283 e. The Kier molecular flexibility index (Phi) is 1.58. The lowest BCUT2D eigenvalue weighted by atomic mass is 10.8. The van der Waals surface area contributed by atoms with Gasteiger partial charge in [0.2, 0.25) is 0 Å². The molecule has 0 unspecified atom stereocenters. The molecule has 8 heteroatoms. The molecule has 0 atom stereocenters. The van der Waals surface area contributed by atoms with Crippen molar-refractivity contribution >= 4 is 0 Å². The Bertz CT molecular complexity index is 456. The van der Waals surface area contributed by atoms with Crippen molar-refractivity contribution in [3.63, 3.8) is 0 Å². The Balaban J connectivity index is 2.23. The first-order valence-corrected chi connectivity index (χ1v) is 3.40. The summed E-state index contributed by atoms with van der Waals surface area (Å²) in [7, 11) is 0. The summed E-state index contributed by atoms with van der Waals surface area (Å²) in [5.41, 5.74) is -0.988. The summed E-state index contributed by atoms with van der Waals surface area (Å²) in [5, 5.41) is 4.62. The third kappa shape index (κ3) is 1.55. The van der Waals surface area contributed by atoms with E-state index in [9.17, 15) is 9.59 Å². The molecule has 0 aliphatic carbocycles. The van der Waals surface area contributed by atoms with Crippen LogP contribution in [0.4, 0.5) is 0 Å². The Morgan fingerprint density at radius 1 is 1.08 bits per heavy atom. The molecule has 2 rings (SSSR count).